The minimum absolute atomic E-state index is 0.0616. The van der Waals surface area contributed by atoms with Crippen LogP contribution >= 0.6 is 23.2 Å². The Morgan fingerprint density at radius 1 is 0.846 bits per heavy atom. The van der Waals surface area contributed by atoms with E-state index in [1.807, 2.05) is 30.3 Å². The number of hydrogen-bond donors (Lipinski definition) is 0. The van der Waals surface area contributed by atoms with Crippen molar-refractivity contribution in [2.24, 2.45) is 0 Å². The molecule has 0 aliphatic carbocycles. The minimum atomic E-state index is -3.00. The summed E-state index contributed by atoms with van der Waals surface area (Å²) >= 11 is 11.9. The van der Waals surface area contributed by atoms with Gasteiger partial charge in [-0.05, 0) is 54.7 Å². The Bertz CT molecular complexity index is 802. The van der Waals surface area contributed by atoms with E-state index in [9.17, 15) is 8.42 Å². The predicted molar refractivity (Wildman–Crippen MR) is 109 cm³/mol. The van der Waals surface area contributed by atoms with Crippen molar-refractivity contribution in [1.82, 2.24) is 0 Å². The van der Waals surface area contributed by atoms with Crippen LogP contribution in [0.2, 0.25) is 10.0 Å². The summed E-state index contributed by atoms with van der Waals surface area (Å²) in [5.74, 6) is 0.838. The van der Waals surface area contributed by atoms with Gasteiger partial charge < -0.3 is 4.74 Å². The van der Waals surface area contributed by atoms with E-state index >= 15 is 0 Å². The van der Waals surface area contributed by atoms with Gasteiger partial charge in [-0.1, -0.05) is 54.2 Å². The van der Waals surface area contributed by atoms with Crippen LogP contribution < -0.4 is 4.74 Å². The zero-order chi connectivity index (χ0) is 19.0. The number of aryl methyl sites for hydroxylation is 1. The van der Waals surface area contributed by atoms with Crippen LogP contribution in [-0.2, 0) is 22.0 Å². The van der Waals surface area contributed by atoms with Gasteiger partial charge in [-0.2, -0.15) is 0 Å². The summed E-state index contributed by atoms with van der Waals surface area (Å²) in [5, 5.41) is 1.21. The first-order valence-electron chi connectivity index (χ1n) is 8.67. The molecule has 26 heavy (non-hydrogen) atoms. The molecule has 0 fully saturated rings. The van der Waals surface area contributed by atoms with Crippen LogP contribution in [0.5, 0.6) is 5.75 Å². The van der Waals surface area contributed by atoms with E-state index in [4.69, 9.17) is 27.9 Å². The molecule has 0 amide bonds. The zero-order valence-corrected chi connectivity index (χ0v) is 17.2. The van der Waals surface area contributed by atoms with Crippen molar-refractivity contribution in [1.29, 1.82) is 0 Å². The normalized spacial score (nSPS) is 11.5. The Kier molecular flexibility index (Phi) is 8.26. The highest BCUT2D eigenvalue weighted by Crippen LogP contribution is 2.23. The third kappa shape index (κ3) is 7.98. The Hall–Kier alpha value is -1.23. The summed E-state index contributed by atoms with van der Waals surface area (Å²) < 4.78 is 28.2. The van der Waals surface area contributed by atoms with Crippen LogP contribution in [0.25, 0.3) is 0 Å². The van der Waals surface area contributed by atoms with Gasteiger partial charge in [0.2, 0.25) is 0 Å². The van der Waals surface area contributed by atoms with Crippen molar-refractivity contribution in [3.05, 3.63) is 63.6 Å². The summed E-state index contributed by atoms with van der Waals surface area (Å²) in [6.07, 6.45) is 6.58. The largest absolute Gasteiger partial charge is 0.494 e. The Morgan fingerprint density at radius 2 is 1.50 bits per heavy atom. The second kappa shape index (κ2) is 10.2. The van der Waals surface area contributed by atoms with Gasteiger partial charge in [0.05, 0.1) is 22.4 Å². The van der Waals surface area contributed by atoms with Gasteiger partial charge in [0.1, 0.15) is 5.75 Å². The first kappa shape index (κ1) is 21.1. The van der Waals surface area contributed by atoms with Crippen LogP contribution in [0.15, 0.2) is 42.5 Å². The third-order valence-electron chi connectivity index (χ3n) is 3.96. The number of unbranched alkanes of at least 4 members (excludes halogenated alkanes) is 3. The number of rotatable bonds is 10. The first-order valence-corrected chi connectivity index (χ1v) is 11.5. The highest BCUT2D eigenvalue weighted by molar-refractivity contribution is 7.89. The lowest BCUT2D eigenvalue weighted by Gasteiger charge is -2.07. The molecule has 3 nitrogen and oxygen atoms in total. The van der Waals surface area contributed by atoms with Crippen LogP contribution in [0.4, 0.5) is 0 Å². The SMILES string of the molecule is CS(=O)(=O)Cc1ccc(OCCCCCCc2ccc(Cl)c(Cl)c2)cc1. The standard InChI is InChI=1S/C20H24Cl2O3S/c1-26(23,24)15-17-7-10-18(11-8-17)25-13-5-3-2-4-6-16-9-12-19(21)20(22)14-16/h7-12,14H,2-6,13,15H2,1H3. The smallest absolute Gasteiger partial charge is 0.151 e. The summed E-state index contributed by atoms with van der Waals surface area (Å²) in [5.41, 5.74) is 1.99. The molecule has 0 N–H and O–H groups in total. The highest BCUT2D eigenvalue weighted by atomic mass is 35.5. The predicted octanol–water partition coefficient (Wildman–Crippen LogP) is 5.72. The summed E-state index contributed by atoms with van der Waals surface area (Å²) in [6.45, 7) is 0.665. The molecule has 0 spiro atoms. The van der Waals surface area contributed by atoms with E-state index in [1.165, 1.54) is 11.8 Å². The molecule has 6 heteroatoms. The monoisotopic (exact) mass is 414 g/mol. The molecule has 0 bridgehead atoms. The van der Waals surface area contributed by atoms with Crippen LogP contribution in [0, 0.1) is 0 Å². The van der Waals surface area contributed by atoms with Gasteiger partial charge in [0.15, 0.2) is 9.84 Å². The second-order valence-electron chi connectivity index (χ2n) is 6.48. The molecule has 0 aliphatic rings. The summed E-state index contributed by atoms with van der Waals surface area (Å²) in [6, 6.07) is 13.0. The van der Waals surface area contributed by atoms with Gasteiger partial charge in [-0.3, -0.25) is 0 Å². The average Bonchev–Trinajstić information content (AvgIpc) is 2.57. The minimum Gasteiger partial charge on any atom is -0.494 e. The van der Waals surface area contributed by atoms with Gasteiger partial charge in [-0.25, -0.2) is 8.42 Å². The molecule has 0 aliphatic heterocycles. The molecule has 0 heterocycles. The van der Waals surface area contributed by atoms with E-state index in [0.29, 0.717) is 16.7 Å². The summed E-state index contributed by atoms with van der Waals surface area (Å²) in [7, 11) is -3.00. The molecule has 2 rings (SSSR count). The molecule has 0 atom stereocenters. The fraction of sp³-hybridized carbons (Fsp3) is 0.400. The average molecular weight is 415 g/mol. The van der Waals surface area contributed by atoms with Gasteiger partial charge in [0, 0.05) is 6.26 Å². The van der Waals surface area contributed by atoms with Crippen molar-refractivity contribution in [2.75, 3.05) is 12.9 Å². The van der Waals surface area contributed by atoms with Crippen LogP contribution in [-0.4, -0.2) is 21.3 Å². The molecule has 0 saturated heterocycles. The molecular formula is C20H24Cl2O3S. The van der Waals surface area contributed by atoms with Crippen molar-refractivity contribution >= 4 is 33.0 Å². The van der Waals surface area contributed by atoms with Crippen molar-refractivity contribution in [3.8, 4) is 5.75 Å². The molecule has 2 aromatic rings. The molecule has 2 aromatic carbocycles. The number of hydrogen-bond acceptors (Lipinski definition) is 3. The second-order valence-corrected chi connectivity index (χ2v) is 9.43. The van der Waals surface area contributed by atoms with E-state index in [0.717, 1.165) is 43.4 Å². The van der Waals surface area contributed by atoms with Crippen LogP contribution in [0.1, 0.15) is 36.8 Å². The number of benzene rings is 2. The number of ether oxygens (including phenoxy) is 1. The van der Waals surface area contributed by atoms with Crippen LogP contribution in [0.3, 0.4) is 0 Å². The van der Waals surface area contributed by atoms with E-state index in [1.54, 1.807) is 12.1 Å². The maximum absolute atomic E-state index is 11.3. The number of sulfone groups is 1. The van der Waals surface area contributed by atoms with E-state index < -0.39 is 9.84 Å². The third-order valence-corrected chi connectivity index (χ3v) is 5.56. The quantitative estimate of drug-likeness (QED) is 0.466. The lowest BCUT2D eigenvalue weighted by Crippen LogP contribution is -2.01. The molecule has 0 saturated carbocycles. The van der Waals surface area contributed by atoms with Gasteiger partial charge in [0.25, 0.3) is 0 Å². The van der Waals surface area contributed by atoms with E-state index in [2.05, 4.69) is 0 Å². The fourth-order valence-corrected chi connectivity index (χ4v) is 3.77. The number of halogens is 2. The molecule has 0 aromatic heterocycles. The Labute approximate surface area is 166 Å². The van der Waals surface area contributed by atoms with Crippen molar-refractivity contribution in [2.45, 2.75) is 37.9 Å². The van der Waals surface area contributed by atoms with Gasteiger partial charge >= 0.3 is 0 Å². The molecule has 0 unspecified atom stereocenters. The Balaban J connectivity index is 1.59. The molecular weight excluding hydrogens is 391 g/mol. The summed E-state index contributed by atoms with van der Waals surface area (Å²) in [4.78, 5) is 0. The van der Waals surface area contributed by atoms with Crippen molar-refractivity contribution in [3.63, 3.8) is 0 Å². The van der Waals surface area contributed by atoms with Gasteiger partial charge in [-0.15, -0.1) is 0 Å². The van der Waals surface area contributed by atoms with E-state index in [-0.39, 0.29) is 5.75 Å². The highest BCUT2D eigenvalue weighted by Gasteiger charge is 2.04. The topological polar surface area (TPSA) is 43.4 Å². The maximum atomic E-state index is 11.3. The zero-order valence-electron chi connectivity index (χ0n) is 14.9. The maximum Gasteiger partial charge on any atom is 0.151 e. The Morgan fingerprint density at radius 3 is 2.15 bits per heavy atom. The fourth-order valence-electron chi connectivity index (χ4n) is 2.65. The lowest BCUT2D eigenvalue weighted by atomic mass is 10.1. The lowest BCUT2D eigenvalue weighted by molar-refractivity contribution is 0.304. The molecule has 0 radical (unpaired) electrons. The van der Waals surface area contributed by atoms with Crippen molar-refractivity contribution < 1.29 is 13.2 Å². The molecule has 142 valence electrons. The first-order chi connectivity index (χ1) is 12.3.